The van der Waals surface area contributed by atoms with Crippen LogP contribution in [0.1, 0.15) is 5.69 Å². The zero-order chi connectivity index (χ0) is 15.1. The van der Waals surface area contributed by atoms with E-state index in [-0.39, 0.29) is 5.56 Å². The highest BCUT2D eigenvalue weighted by molar-refractivity contribution is 7.15. The highest BCUT2D eigenvalue weighted by atomic mass is 32.1. The van der Waals surface area contributed by atoms with E-state index < -0.39 is 0 Å². The number of para-hydroxylation sites is 2. The summed E-state index contributed by atoms with van der Waals surface area (Å²) in [6, 6.07) is 9.67. The van der Waals surface area contributed by atoms with E-state index >= 15 is 0 Å². The van der Waals surface area contributed by atoms with Crippen molar-refractivity contribution in [3.8, 4) is 0 Å². The van der Waals surface area contributed by atoms with Gasteiger partial charge in [-0.1, -0.05) is 18.7 Å². The summed E-state index contributed by atoms with van der Waals surface area (Å²) in [5, 5.41) is 1.87. The molecule has 1 aromatic carbocycles. The Bertz CT molecular complexity index is 1060. The lowest BCUT2D eigenvalue weighted by atomic mass is 10.3. The van der Waals surface area contributed by atoms with Gasteiger partial charge in [-0.15, -0.1) is 11.3 Å². The molecule has 0 saturated heterocycles. The van der Waals surface area contributed by atoms with Crippen molar-refractivity contribution in [3.05, 3.63) is 70.9 Å². The lowest BCUT2D eigenvalue weighted by Gasteiger charge is -1.99. The number of imidazole rings is 1. The Labute approximate surface area is 130 Å². The van der Waals surface area contributed by atoms with E-state index in [0.717, 1.165) is 21.7 Å². The average Bonchev–Trinajstić information content (AvgIpc) is 3.13. The number of hydrogen-bond acceptors (Lipinski definition) is 3. The van der Waals surface area contributed by atoms with E-state index in [1.54, 1.807) is 22.9 Å². The topological polar surface area (TPSA) is 43.2 Å². The SMILES string of the molecule is C=Cn1c[n+](Cc2cc(=O)n3ccsc3n2)c2ccccc21. The summed E-state index contributed by atoms with van der Waals surface area (Å²) in [6.45, 7) is 4.38. The first-order chi connectivity index (χ1) is 10.8. The van der Waals surface area contributed by atoms with E-state index in [1.807, 2.05) is 40.5 Å². The summed E-state index contributed by atoms with van der Waals surface area (Å²) < 4.78 is 5.60. The van der Waals surface area contributed by atoms with E-state index in [1.165, 1.54) is 11.3 Å². The number of fused-ring (bicyclic) bond motifs is 2. The van der Waals surface area contributed by atoms with Gasteiger partial charge in [0.15, 0.2) is 16.0 Å². The molecule has 0 N–H and O–H groups in total. The number of thiazole rings is 1. The summed E-state index contributed by atoms with van der Waals surface area (Å²) in [7, 11) is 0. The molecule has 0 atom stereocenters. The molecule has 4 rings (SSSR count). The maximum atomic E-state index is 12.1. The highest BCUT2D eigenvalue weighted by Crippen LogP contribution is 2.12. The van der Waals surface area contributed by atoms with Crippen LogP contribution in [0.3, 0.4) is 0 Å². The van der Waals surface area contributed by atoms with E-state index in [4.69, 9.17) is 0 Å². The van der Waals surface area contributed by atoms with Crippen LogP contribution in [-0.4, -0.2) is 14.0 Å². The van der Waals surface area contributed by atoms with Gasteiger partial charge in [0.05, 0.1) is 11.9 Å². The Hall–Kier alpha value is -2.73. The fourth-order valence-electron chi connectivity index (χ4n) is 2.61. The third kappa shape index (κ3) is 1.96. The number of hydrogen-bond donors (Lipinski definition) is 0. The van der Waals surface area contributed by atoms with Crippen LogP contribution in [0, 0.1) is 0 Å². The van der Waals surface area contributed by atoms with Crippen LogP contribution >= 0.6 is 11.3 Å². The van der Waals surface area contributed by atoms with Crippen LogP contribution in [0.2, 0.25) is 0 Å². The van der Waals surface area contributed by atoms with Crippen LogP contribution in [0.5, 0.6) is 0 Å². The number of benzene rings is 1. The van der Waals surface area contributed by atoms with Gasteiger partial charge in [0, 0.05) is 17.6 Å². The normalized spacial score (nSPS) is 11.3. The predicted molar refractivity (Wildman–Crippen MR) is 87.0 cm³/mol. The van der Waals surface area contributed by atoms with E-state index in [9.17, 15) is 4.79 Å². The second kappa shape index (κ2) is 4.92. The molecule has 0 bridgehead atoms. The molecule has 0 fully saturated rings. The first-order valence-corrected chi connectivity index (χ1v) is 7.71. The quantitative estimate of drug-likeness (QED) is 0.544. The minimum atomic E-state index is -0.0469. The molecule has 5 nitrogen and oxygen atoms in total. The molecule has 0 aliphatic rings. The third-order valence-corrected chi connectivity index (χ3v) is 4.37. The van der Waals surface area contributed by atoms with Crippen molar-refractivity contribution in [1.29, 1.82) is 0 Å². The van der Waals surface area contributed by atoms with Gasteiger partial charge in [0.1, 0.15) is 6.54 Å². The summed E-state index contributed by atoms with van der Waals surface area (Å²) in [4.78, 5) is 17.4. The summed E-state index contributed by atoms with van der Waals surface area (Å²) in [6.07, 6.45) is 5.48. The van der Waals surface area contributed by atoms with E-state index in [2.05, 4.69) is 16.1 Å². The van der Waals surface area contributed by atoms with Gasteiger partial charge < -0.3 is 0 Å². The zero-order valence-electron chi connectivity index (χ0n) is 11.7. The lowest BCUT2D eigenvalue weighted by Crippen LogP contribution is -2.34. The van der Waals surface area contributed by atoms with Crippen molar-refractivity contribution in [2.45, 2.75) is 6.54 Å². The van der Waals surface area contributed by atoms with Gasteiger partial charge in [-0.25, -0.2) is 14.1 Å². The van der Waals surface area contributed by atoms with Gasteiger partial charge in [0.25, 0.3) is 5.56 Å². The van der Waals surface area contributed by atoms with Gasteiger partial charge >= 0.3 is 0 Å². The summed E-state index contributed by atoms with van der Waals surface area (Å²) in [5.41, 5.74) is 2.86. The molecule has 3 heterocycles. The molecule has 0 saturated carbocycles. The van der Waals surface area contributed by atoms with Crippen LogP contribution in [0.25, 0.3) is 22.2 Å². The Morgan fingerprint density at radius 3 is 3.09 bits per heavy atom. The molecule has 108 valence electrons. The smallest absolute Gasteiger partial charge is 0.258 e. The van der Waals surface area contributed by atoms with Crippen molar-refractivity contribution in [2.24, 2.45) is 0 Å². The number of rotatable bonds is 3. The number of nitrogens with zero attached hydrogens (tertiary/aromatic N) is 4. The number of aromatic nitrogens is 4. The first-order valence-electron chi connectivity index (χ1n) is 6.83. The Morgan fingerprint density at radius 1 is 1.36 bits per heavy atom. The van der Waals surface area contributed by atoms with Crippen molar-refractivity contribution >= 4 is 33.5 Å². The monoisotopic (exact) mass is 309 g/mol. The van der Waals surface area contributed by atoms with Gasteiger partial charge in [0.2, 0.25) is 6.33 Å². The average molecular weight is 309 g/mol. The molecule has 22 heavy (non-hydrogen) atoms. The van der Waals surface area contributed by atoms with Crippen LogP contribution < -0.4 is 10.1 Å². The zero-order valence-corrected chi connectivity index (χ0v) is 12.5. The maximum absolute atomic E-state index is 12.1. The van der Waals surface area contributed by atoms with E-state index in [0.29, 0.717) is 6.54 Å². The molecule has 4 aromatic rings. The van der Waals surface area contributed by atoms with Gasteiger partial charge in [-0.2, -0.15) is 0 Å². The standard InChI is InChI=1S/C16H13N4OS/c1-2-18-11-19(14-6-4-3-5-13(14)18)10-12-9-15(21)20-7-8-22-16(20)17-12/h2-9,11H,1,10H2/q+1. The van der Waals surface area contributed by atoms with Crippen LogP contribution in [0.4, 0.5) is 0 Å². The molecular weight excluding hydrogens is 296 g/mol. The van der Waals surface area contributed by atoms with Crippen molar-refractivity contribution < 1.29 is 4.57 Å². The minimum Gasteiger partial charge on any atom is -0.269 e. The highest BCUT2D eigenvalue weighted by Gasteiger charge is 2.15. The first kappa shape index (κ1) is 13.0. The molecule has 0 unspecified atom stereocenters. The largest absolute Gasteiger partial charge is 0.269 e. The second-order valence-corrected chi connectivity index (χ2v) is 5.84. The molecule has 6 heteroatoms. The molecule has 0 amide bonds. The summed E-state index contributed by atoms with van der Waals surface area (Å²) in [5.74, 6) is 0. The van der Waals surface area contributed by atoms with Gasteiger partial charge in [-0.05, 0) is 12.1 Å². The fraction of sp³-hybridized carbons (Fsp3) is 0.0625. The molecule has 0 radical (unpaired) electrons. The fourth-order valence-corrected chi connectivity index (χ4v) is 3.35. The predicted octanol–water partition coefficient (Wildman–Crippen LogP) is 2.15. The molecule has 0 aliphatic heterocycles. The van der Waals surface area contributed by atoms with Gasteiger partial charge in [-0.3, -0.25) is 9.20 Å². The van der Waals surface area contributed by atoms with Crippen LogP contribution in [0.15, 0.2) is 59.6 Å². The molecule has 3 aromatic heterocycles. The molecular formula is C16H13N4OS+. The lowest BCUT2D eigenvalue weighted by molar-refractivity contribution is -0.663. The second-order valence-electron chi connectivity index (χ2n) is 4.96. The molecule has 0 aliphatic carbocycles. The van der Waals surface area contributed by atoms with Crippen molar-refractivity contribution in [1.82, 2.24) is 14.0 Å². The summed E-state index contributed by atoms with van der Waals surface area (Å²) >= 11 is 1.46. The van der Waals surface area contributed by atoms with Crippen molar-refractivity contribution in [3.63, 3.8) is 0 Å². The molecule has 0 spiro atoms. The van der Waals surface area contributed by atoms with Crippen molar-refractivity contribution in [2.75, 3.05) is 0 Å². The third-order valence-electron chi connectivity index (χ3n) is 3.62. The Morgan fingerprint density at radius 2 is 2.23 bits per heavy atom. The maximum Gasteiger partial charge on any atom is 0.258 e. The Balaban J connectivity index is 1.85. The Kier molecular flexibility index (Phi) is 2.90. The minimum absolute atomic E-state index is 0.0469. The van der Waals surface area contributed by atoms with Crippen LogP contribution in [-0.2, 0) is 6.54 Å².